The Morgan fingerprint density at radius 2 is 1.95 bits per heavy atom. The third-order valence-corrected chi connectivity index (χ3v) is 4.62. The fourth-order valence-corrected chi connectivity index (χ4v) is 3.41. The van der Waals surface area contributed by atoms with Gasteiger partial charge in [-0.25, -0.2) is 0 Å². The molecule has 3 rings (SSSR count). The molecule has 0 aliphatic carbocycles. The lowest BCUT2D eigenvalue weighted by Crippen LogP contribution is -2.61. The molecular weight excluding hydrogens is 234 g/mol. The molecule has 1 aromatic carbocycles. The van der Waals surface area contributed by atoms with Gasteiger partial charge >= 0.3 is 0 Å². The first-order valence-corrected chi connectivity index (χ1v) is 7.51. The molecule has 3 nitrogen and oxygen atoms in total. The van der Waals surface area contributed by atoms with Crippen molar-refractivity contribution in [3.63, 3.8) is 0 Å². The molecule has 1 N–H and O–H groups in total. The molecule has 2 unspecified atom stereocenters. The largest absolute Gasteiger partial charge is 0.313 e. The molecular formula is C16H25N3. The molecule has 104 valence electrons. The average molecular weight is 259 g/mol. The van der Waals surface area contributed by atoms with Crippen LogP contribution in [-0.4, -0.2) is 55.6 Å². The number of hydrogen-bond acceptors (Lipinski definition) is 3. The summed E-state index contributed by atoms with van der Waals surface area (Å²) in [5.74, 6) is 0. The lowest BCUT2D eigenvalue weighted by atomic mass is 9.97. The van der Waals surface area contributed by atoms with Gasteiger partial charge in [0.15, 0.2) is 0 Å². The molecule has 2 heterocycles. The number of rotatable bonds is 2. The zero-order valence-electron chi connectivity index (χ0n) is 12.1. The minimum Gasteiger partial charge on any atom is -0.313 e. The summed E-state index contributed by atoms with van der Waals surface area (Å²) in [6.07, 6.45) is 1.13. The van der Waals surface area contributed by atoms with Crippen molar-refractivity contribution in [2.75, 3.05) is 39.8 Å². The standard InChI is InChI=1S/C16H25N3/c1-3-13-4-6-14(7-5-13)16-11-17-10-15-12-18(2)8-9-19(15)16/h4-7,15-17H,3,8-12H2,1-2H3. The molecule has 0 spiro atoms. The fourth-order valence-electron chi connectivity index (χ4n) is 3.41. The minimum atomic E-state index is 0.554. The van der Waals surface area contributed by atoms with Gasteiger partial charge in [0.05, 0.1) is 0 Å². The zero-order chi connectivity index (χ0) is 13.2. The molecule has 0 amide bonds. The summed E-state index contributed by atoms with van der Waals surface area (Å²) in [7, 11) is 2.23. The Bertz CT molecular complexity index is 415. The summed E-state index contributed by atoms with van der Waals surface area (Å²) in [5.41, 5.74) is 2.90. The van der Waals surface area contributed by atoms with E-state index in [1.807, 2.05) is 0 Å². The summed E-state index contributed by atoms with van der Waals surface area (Å²) >= 11 is 0. The van der Waals surface area contributed by atoms with Crippen LogP contribution in [-0.2, 0) is 6.42 Å². The topological polar surface area (TPSA) is 18.5 Å². The summed E-state index contributed by atoms with van der Waals surface area (Å²) < 4.78 is 0. The molecule has 2 aliphatic rings. The van der Waals surface area contributed by atoms with Gasteiger partial charge in [0.25, 0.3) is 0 Å². The van der Waals surface area contributed by atoms with Gasteiger partial charge in [0, 0.05) is 44.8 Å². The van der Waals surface area contributed by atoms with Crippen molar-refractivity contribution in [1.82, 2.24) is 15.1 Å². The van der Waals surface area contributed by atoms with Crippen LogP contribution in [0.25, 0.3) is 0 Å². The van der Waals surface area contributed by atoms with Crippen LogP contribution in [0.4, 0.5) is 0 Å². The SMILES string of the molecule is CCc1ccc(C2CNCC3CN(C)CCN32)cc1. The Labute approximate surface area is 116 Å². The Kier molecular flexibility index (Phi) is 3.87. The molecule has 2 saturated heterocycles. The molecule has 2 atom stereocenters. The molecule has 2 aliphatic heterocycles. The third kappa shape index (κ3) is 2.69. The highest BCUT2D eigenvalue weighted by Gasteiger charge is 2.34. The molecule has 0 radical (unpaired) electrons. The van der Waals surface area contributed by atoms with E-state index in [-0.39, 0.29) is 0 Å². The van der Waals surface area contributed by atoms with Crippen LogP contribution in [0.3, 0.4) is 0 Å². The van der Waals surface area contributed by atoms with Gasteiger partial charge in [-0.15, -0.1) is 0 Å². The Balaban J connectivity index is 1.78. The van der Waals surface area contributed by atoms with Gasteiger partial charge in [-0.05, 0) is 24.6 Å². The van der Waals surface area contributed by atoms with Gasteiger partial charge in [0.1, 0.15) is 0 Å². The zero-order valence-corrected chi connectivity index (χ0v) is 12.1. The van der Waals surface area contributed by atoms with Crippen LogP contribution >= 0.6 is 0 Å². The second-order valence-corrected chi connectivity index (χ2v) is 5.92. The number of nitrogens with zero attached hydrogens (tertiary/aromatic N) is 2. The first-order valence-electron chi connectivity index (χ1n) is 7.51. The Morgan fingerprint density at radius 1 is 1.16 bits per heavy atom. The van der Waals surface area contributed by atoms with Gasteiger partial charge in [-0.3, -0.25) is 4.90 Å². The predicted molar refractivity (Wildman–Crippen MR) is 79.4 cm³/mol. The highest BCUT2D eigenvalue weighted by Crippen LogP contribution is 2.27. The number of nitrogens with one attached hydrogen (secondary N) is 1. The highest BCUT2D eigenvalue weighted by molar-refractivity contribution is 5.26. The lowest BCUT2D eigenvalue weighted by Gasteiger charge is -2.48. The van der Waals surface area contributed by atoms with Crippen LogP contribution < -0.4 is 5.32 Å². The lowest BCUT2D eigenvalue weighted by molar-refractivity contribution is 0.0290. The van der Waals surface area contributed by atoms with E-state index in [0.29, 0.717) is 12.1 Å². The maximum atomic E-state index is 3.61. The van der Waals surface area contributed by atoms with E-state index in [1.165, 1.54) is 30.8 Å². The smallest absolute Gasteiger partial charge is 0.0477 e. The Morgan fingerprint density at radius 3 is 2.68 bits per heavy atom. The fraction of sp³-hybridized carbons (Fsp3) is 0.625. The van der Waals surface area contributed by atoms with Crippen molar-refractivity contribution in [3.05, 3.63) is 35.4 Å². The number of benzene rings is 1. The Hall–Kier alpha value is -0.900. The van der Waals surface area contributed by atoms with Gasteiger partial charge < -0.3 is 10.2 Å². The molecule has 0 aromatic heterocycles. The van der Waals surface area contributed by atoms with Gasteiger partial charge in [0.2, 0.25) is 0 Å². The molecule has 19 heavy (non-hydrogen) atoms. The number of fused-ring (bicyclic) bond motifs is 1. The van der Waals surface area contributed by atoms with Crippen molar-refractivity contribution < 1.29 is 0 Å². The molecule has 3 heteroatoms. The first kappa shape index (κ1) is 13.1. The van der Waals surface area contributed by atoms with E-state index < -0.39 is 0 Å². The summed E-state index contributed by atoms with van der Waals surface area (Å²) in [4.78, 5) is 5.16. The van der Waals surface area contributed by atoms with Crippen LogP contribution in [0.15, 0.2) is 24.3 Å². The van der Waals surface area contributed by atoms with E-state index in [4.69, 9.17) is 0 Å². The first-order chi connectivity index (χ1) is 9.28. The monoisotopic (exact) mass is 259 g/mol. The average Bonchev–Trinajstić information content (AvgIpc) is 2.46. The molecule has 0 bridgehead atoms. The van der Waals surface area contributed by atoms with Crippen molar-refractivity contribution in [1.29, 1.82) is 0 Å². The van der Waals surface area contributed by atoms with E-state index >= 15 is 0 Å². The maximum absolute atomic E-state index is 3.61. The summed E-state index contributed by atoms with van der Waals surface area (Å²) in [5, 5.41) is 3.61. The van der Waals surface area contributed by atoms with Crippen molar-refractivity contribution >= 4 is 0 Å². The second kappa shape index (κ2) is 5.61. The number of hydrogen-bond donors (Lipinski definition) is 1. The minimum absolute atomic E-state index is 0.554. The normalized spacial score (nSPS) is 29.2. The van der Waals surface area contributed by atoms with Crippen LogP contribution in [0.2, 0.25) is 0 Å². The third-order valence-electron chi connectivity index (χ3n) is 4.62. The summed E-state index contributed by atoms with van der Waals surface area (Å²) in [6, 6.07) is 10.4. The van der Waals surface area contributed by atoms with Crippen LogP contribution in [0.1, 0.15) is 24.1 Å². The van der Waals surface area contributed by atoms with E-state index in [9.17, 15) is 0 Å². The molecule has 1 aromatic rings. The number of piperazine rings is 2. The van der Waals surface area contributed by atoms with Crippen LogP contribution in [0.5, 0.6) is 0 Å². The van der Waals surface area contributed by atoms with E-state index in [0.717, 1.165) is 19.5 Å². The second-order valence-electron chi connectivity index (χ2n) is 5.92. The molecule has 2 fully saturated rings. The summed E-state index contributed by atoms with van der Waals surface area (Å²) in [6.45, 7) is 8.02. The number of aryl methyl sites for hydroxylation is 1. The van der Waals surface area contributed by atoms with Crippen molar-refractivity contribution in [2.24, 2.45) is 0 Å². The van der Waals surface area contributed by atoms with E-state index in [1.54, 1.807) is 0 Å². The van der Waals surface area contributed by atoms with Gasteiger partial charge in [-0.2, -0.15) is 0 Å². The van der Waals surface area contributed by atoms with Crippen molar-refractivity contribution in [3.8, 4) is 0 Å². The van der Waals surface area contributed by atoms with Crippen LogP contribution in [0, 0.1) is 0 Å². The predicted octanol–water partition coefficient (Wildman–Crippen LogP) is 1.51. The number of likely N-dealkylation sites (N-methyl/N-ethyl adjacent to an activating group) is 1. The van der Waals surface area contributed by atoms with E-state index in [2.05, 4.69) is 53.4 Å². The maximum Gasteiger partial charge on any atom is 0.0477 e. The van der Waals surface area contributed by atoms with Gasteiger partial charge in [-0.1, -0.05) is 31.2 Å². The molecule has 0 saturated carbocycles. The quantitative estimate of drug-likeness (QED) is 0.868. The highest BCUT2D eigenvalue weighted by atomic mass is 15.3. The van der Waals surface area contributed by atoms with Crippen molar-refractivity contribution in [2.45, 2.75) is 25.4 Å².